The van der Waals surface area contributed by atoms with E-state index in [1.54, 1.807) is 0 Å². The first-order valence-electron chi connectivity index (χ1n) is 1.13. The molecule has 0 aromatic heterocycles. The van der Waals surface area contributed by atoms with Crippen LogP contribution in [-0.4, -0.2) is 0 Å². The fourth-order valence-corrected chi connectivity index (χ4v) is 0. The van der Waals surface area contributed by atoms with Gasteiger partial charge in [-0.1, -0.05) is 6.58 Å². The number of halogens is 1. The van der Waals surface area contributed by atoms with Crippen molar-refractivity contribution in [3.63, 3.8) is 0 Å². The second-order valence-electron chi connectivity index (χ2n) is 0.154. The third kappa shape index (κ3) is 19.5. The van der Waals surface area contributed by atoms with E-state index in [-0.39, 0.29) is 6.33 Å². The van der Waals surface area contributed by atoms with Gasteiger partial charge in [-0.25, -0.2) is 4.39 Å². The highest BCUT2D eigenvalue weighted by Crippen LogP contribution is 1.48. The monoisotopic (exact) mass is 74.1 g/mol. The summed E-state index contributed by atoms with van der Waals surface area (Å²) in [5, 5.41) is 0. The van der Waals surface area contributed by atoms with E-state index in [9.17, 15) is 4.39 Å². The molecule has 0 saturated heterocycles. The Balaban J connectivity index is 0. The molecule has 0 saturated carbocycles. The highest BCUT2D eigenvalue weighted by molar-refractivity contribution is 4.39. The van der Waals surface area contributed by atoms with Crippen molar-refractivity contribution in [3.05, 3.63) is 26.1 Å². The van der Waals surface area contributed by atoms with Gasteiger partial charge in [0.15, 0.2) is 0 Å². The Labute approximate surface area is 31.6 Å². The third-order valence-corrected chi connectivity index (χ3v) is 0. The van der Waals surface area contributed by atoms with Crippen molar-refractivity contribution >= 4 is 0 Å². The molecule has 5 heavy (non-hydrogen) atoms. The molecule has 0 radical (unpaired) electrons. The summed E-state index contributed by atoms with van der Waals surface area (Å²) in [6.07, 6.45) is 0.250. The molecule has 0 N–H and O–H groups in total. The lowest BCUT2D eigenvalue weighted by Crippen LogP contribution is -0.990. The van der Waals surface area contributed by atoms with Crippen molar-refractivity contribution in [1.29, 1.82) is 0 Å². The van der Waals surface area contributed by atoms with Crippen LogP contribution in [0.25, 0.3) is 0 Å². The van der Waals surface area contributed by atoms with Crippen LogP contribution in [0.5, 0.6) is 0 Å². The molecule has 0 bridgehead atoms. The summed E-state index contributed by atoms with van der Waals surface area (Å²) in [6.45, 7) is 8.69. The Kier molecular flexibility index (Phi) is 208. The van der Waals surface area contributed by atoms with Crippen molar-refractivity contribution in [2.75, 3.05) is 0 Å². The summed E-state index contributed by atoms with van der Waals surface area (Å²) in [7, 11) is 0. The van der Waals surface area contributed by atoms with Crippen LogP contribution in [0.3, 0.4) is 0 Å². The van der Waals surface area contributed by atoms with Gasteiger partial charge in [-0.05, 0) is 0 Å². The molecule has 0 aromatic rings. The molecular weight excluding hydrogens is 67.0 g/mol. The summed E-state index contributed by atoms with van der Waals surface area (Å²) in [5.74, 6) is 0. The van der Waals surface area contributed by atoms with E-state index in [0.29, 0.717) is 0 Å². The Hall–Kier alpha value is -0.590. The molecule has 1 heteroatoms. The first-order chi connectivity index (χ1) is 2.41. The van der Waals surface area contributed by atoms with Crippen molar-refractivity contribution in [1.82, 2.24) is 0 Å². The second kappa shape index (κ2) is 118. The molecule has 0 rings (SSSR count). The largest absolute Gasteiger partial charge is 0.216 e. The van der Waals surface area contributed by atoms with Gasteiger partial charge >= 0.3 is 0 Å². The van der Waals surface area contributed by atoms with Gasteiger partial charge in [-0.3, -0.25) is 0 Å². The van der Waals surface area contributed by atoms with Crippen molar-refractivity contribution < 1.29 is 4.39 Å². The molecule has 0 aliphatic heterocycles. The van der Waals surface area contributed by atoms with Crippen LogP contribution in [0.2, 0.25) is 0 Å². The quantitative estimate of drug-likeness (QED) is 0.385. The molecule has 0 nitrogen and oxygen atoms in total. The van der Waals surface area contributed by atoms with Crippen molar-refractivity contribution in [3.8, 4) is 0 Å². The molecule has 0 aromatic carbocycles. The molecule has 0 amide bonds. The third-order valence-electron chi connectivity index (χ3n) is 0. The minimum atomic E-state index is 0.250. The zero-order valence-corrected chi connectivity index (χ0v) is 3.08. The first kappa shape index (κ1) is 8.83. The SMILES string of the molecule is C=C.C=CF. The smallest absolute Gasteiger partial charge is 0.0795 e. The lowest BCUT2D eigenvalue weighted by molar-refractivity contribution is 0.725. The van der Waals surface area contributed by atoms with E-state index in [2.05, 4.69) is 19.7 Å². The van der Waals surface area contributed by atoms with Crippen LogP contribution in [0.1, 0.15) is 0 Å². The molecule has 30 valence electrons. The van der Waals surface area contributed by atoms with Crippen LogP contribution in [0.15, 0.2) is 26.1 Å². The molecule has 0 heterocycles. The Morgan fingerprint density at radius 2 is 1.40 bits per heavy atom. The molecule has 0 atom stereocenters. The highest BCUT2D eigenvalue weighted by atomic mass is 19.1. The summed E-state index contributed by atoms with van der Waals surface area (Å²) in [4.78, 5) is 0. The van der Waals surface area contributed by atoms with E-state index in [1.165, 1.54) is 0 Å². The average Bonchev–Trinajstić information content (AvgIpc) is 1.46. The van der Waals surface area contributed by atoms with Crippen LogP contribution < -0.4 is 0 Å². The number of hydrogen-bond acceptors (Lipinski definition) is 0. The Morgan fingerprint density at radius 1 is 1.40 bits per heavy atom. The summed E-state index contributed by atoms with van der Waals surface area (Å²) in [5.41, 5.74) is 0. The van der Waals surface area contributed by atoms with Gasteiger partial charge in [0, 0.05) is 0 Å². The van der Waals surface area contributed by atoms with E-state index in [1.807, 2.05) is 0 Å². The summed E-state index contributed by atoms with van der Waals surface area (Å²) >= 11 is 0. The lowest BCUT2D eigenvalue weighted by Gasteiger charge is -1.28. The fraction of sp³-hybridized carbons (Fsp3) is 0. The van der Waals surface area contributed by atoms with Gasteiger partial charge in [0.25, 0.3) is 0 Å². The zero-order chi connectivity index (χ0) is 4.71. The topological polar surface area (TPSA) is 0 Å². The molecule has 0 aliphatic rings. The minimum Gasteiger partial charge on any atom is -0.216 e. The predicted molar refractivity (Wildman–Crippen MR) is 22.6 cm³/mol. The van der Waals surface area contributed by atoms with Gasteiger partial charge in [-0.2, -0.15) is 0 Å². The highest BCUT2D eigenvalue weighted by Gasteiger charge is 1.19. The van der Waals surface area contributed by atoms with Gasteiger partial charge in [-0.15, -0.1) is 13.2 Å². The molecule has 0 spiro atoms. The van der Waals surface area contributed by atoms with E-state index in [4.69, 9.17) is 0 Å². The summed E-state index contributed by atoms with van der Waals surface area (Å²) in [6, 6.07) is 0. The maximum atomic E-state index is 10.1. The Bertz CT molecular complexity index is 17.6. The maximum Gasteiger partial charge on any atom is 0.0795 e. The van der Waals surface area contributed by atoms with E-state index < -0.39 is 0 Å². The molecule has 0 aliphatic carbocycles. The van der Waals surface area contributed by atoms with Crippen LogP contribution in [0.4, 0.5) is 4.39 Å². The lowest BCUT2D eigenvalue weighted by atomic mass is 11.2. The first-order valence-corrected chi connectivity index (χ1v) is 1.13. The molecule has 0 unspecified atom stereocenters. The van der Waals surface area contributed by atoms with Crippen molar-refractivity contribution in [2.45, 2.75) is 0 Å². The van der Waals surface area contributed by atoms with Gasteiger partial charge < -0.3 is 0 Å². The average molecular weight is 74.1 g/mol. The van der Waals surface area contributed by atoms with Crippen LogP contribution in [-0.2, 0) is 0 Å². The molecular formula is C4H7F. The number of hydrogen-bond donors (Lipinski definition) is 0. The number of rotatable bonds is 0. The van der Waals surface area contributed by atoms with Gasteiger partial charge in [0.05, 0.1) is 6.33 Å². The zero-order valence-electron chi connectivity index (χ0n) is 3.08. The molecule has 0 fully saturated rings. The predicted octanol–water partition coefficient (Wildman–Crippen LogP) is 1.90. The van der Waals surface area contributed by atoms with Gasteiger partial charge in [0.1, 0.15) is 0 Å². The van der Waals surface area contributed by atoms with E-state index in [0.717, 1.165) is 0 Å². The van der Waals surface area contributed by atoms with Crippen LogP contribution in [0, 0.1) is 0 Å². The standard InChI is InChI=1S/C2H3F.C2H4/c1-2-3;1-2/h2H,1H2;1-2H2. The normalized spacial score (nSPS) is 3.40. The van der Waals surface area contributed by atoms with Crippen molar-refractivity contribution in [2.24, 2.45) is 0 Å². The van der Waals surface area contributed by atoms with E-state index >= 15 is 0 Å². The second-order valence-corrected chi connectivity index (χ2v) is 0.154. The Morgan fingerprint density at radius 3 is 1.40 bits per heavy atom. The van der Waals surface area contributed by atoms with Gasteiger partial charge in [0.2, 0.25) is 0 Å². The maximum absolute atomic E-state index is 10.1. The fourth-order valence-electron chi connectivity index (χ4n) is 0. The minimum absolute atomic E-state index is 0.250. The summed E-state index contributed by atoms with van der Waals surface area (Å²) < 4.78 is 10.1. The van der Waals surface area contributed by atoms with Crippen LogP contribution >= 0.6 is 0 Å².